The van der Waals surface area contributed by atoms with Gasteiger partial charge in [-0.15, -0.1) is 0 Å². The van der Waals surface area contributed by atoms with Gasteiger partial charge in [0.2, 0.25) is 5.78 Å². The number of fused-ring (bicyclic) bond motifs is 7. The first-order valence-corrected chi connectivity index (χ1v) is 18.8. The number of Topliss-reactive ketones (excluding diaryl/α,β-unsaturated/α-hetero) is 1. The molecule has 1 aliphatic heterocycles. The molecule has 6 rings (SSSR count). The van der Waals surface area contributed by atoms with E-state index in [9.17, 15) is 24.6 Å². The van der Waals surface area contributed by atoms with Crippen molar-refractivity contribution in [3.8, 4) is 11.5 Å². The van der Waals surface area contributed by atoms with E-state index in [-0.39, 0.29) is 43.3 Å². The number of methoxy groups -OCH3 is 1. The van der Waals surface area contributed by atoms with E-state index < -0.39 is 76.8 Å². The zero-order valence-corrected chi connectivity index (χ0v) is 31.9. The minimum absolute atomic E-state index is 0.0285. The van der Waals surface area contributed by atoms with Crippen molar-refractivity contribution in [3.05, 3.63) is 47.6 Å². The van der Waals surface area contributed by atoms with Gasteiger partial charge >= 0.3 is 6.16 Å². The number of halogens is 1. The molecule has 54 heavy (non-hydrogen) atoms. The Morgan fingerprint density at radius 3 is 2.48 bits per heavy atom. The van der Waals surface area contributed by atoms with Gasteiger partial charge in [0.25, 0.3) is 0 Å². The van der Waals surface area contributed by atoms with Crippen LogP contribution in [0.2, 0.25) is 0 Å². The number of carbonyl (C=O) groups excluding carboxylic acids is 3. The molecule has 0 radical (unpaired) electrons. The van der Waals surface area contributed by atoms with E-state index in [0.29, 0.717) is 43.8 Å². The van der Waals surface area contributed by atoms with Crippen LogP contribution in [0.5, 0.6) is 11.5 Å². The predicted molar refractivity (Wildman–Crippen MR) is 189 cm³/mol. The van der Waals surface area contributed by atoms with Crippen LogP contribution in [0.3, 0.4) is 0 Å². The summed E-state index contributed by atoms with van der Waals surface area (Å²) in [6.07, 6.45) is 1.55. The van der Waals surface area contributed by atoms with Crippen LogP contribution in [0.15, 0.2) is 42.0 Å². The Balaban J connectivity index is 1.12. The second-order valence-corrected chi connectivity index (χ2v) is 15.8. The standard InChI is InChI=1S/C40H53FO13/c1-7-14-48-15-16-49-17-18-50-34(45)24-8-11-29(30(19-24)47-6)52-35(46)51-23-32(44)40-33(53-36(2,3)54-40)21-28-27-10-9-25-20-26(42)12-13-37(25,4)39(27,41)31(43)22-38(28,40)5/h8,11-13,19-20,27-28,31,33-34,43,45H,7,9-10,14-18,21-23H2,1-6H3. The van der Waals surface area contributed by atoms with Crippen LogP contribution in [0, 0.1) is 22.7 Å². The van der Waals surface area contributed by atoms with Gasteiger partial charge in [-0.1, -0.05) is 25.5 Å². The summed E-state index contributed by atoms with van der Waals surface area (Å²) >= 11 is 0. The molecule has 298 valence electrons. The number of aliphatic hydroxyl groups is 2. The van der Waals surface area contributed by atoms with E-state index in [4.69, 9.17) is 37.9 Å². The SMILES string of the molecule is CCCOCCOCCOC(O)c1ccc(OC(=O)OCC(=O)C23OC(C)(C)OC2CC2C4CCC5=CC(=O)C=CC5(C)C4(F)C(O)CC23C)c(OC)c1. The normalized spacial score (nSPS) is 35.3. The zero-order valence-electron chi connectivity index (χ0n) is 31.9. The summed E-state index contributed by atoms with van der Waals surface area (Å²) in [5.74, 6) is -3.03. The largest absolute Gasteiger partial charge is 0.514 e. The Morgan fingerprint density at radius 1 is 1.04 bits per heavy atom. The van der Waals surface area contributed by atoms with Gasteiger partial charge in [0.1, 0.15) is 0 Å². The number of hydrogen-bond donors (Lipinski definition) is 2. The number of rotatable bonds is 15. The number of aliphatic hydroxyl groups excluding tert-OH is 2. The number of alkyl halides is 1. The number of carbonyl (C=O) groups is 3. The highest BCUT2D eigenvalue weighted by Crippen LogP contribution is 2.72. The van der Waals surface area contributed by atoms with Crippen molar-refractivity contribution in [2.24, 2.45) is 22.7 Å². The summed E-state index contributed by atoms with van der Waals surface area (Å²) in [4.78, 5) is 39.6. The van der Waals surface area contributed by atoms with E-state index in [1.54, 1.807) is 26.8 Å². The van der Waals surface area contributed by atoms with Crippen LogP contribution >= 0.6 is 0 Å². The van der Waals surface area contributed by atoms with Crippen molar-refractivity contribution >= 4 is 17.7 Å². The quantitative estimate of drug-likeness (QED) is 0.105. The molecule has 0 amide bonds. The van der Waals surface area contributed by atoms with Crippen molar-refractivity contribution < 1.29 is 66.9 Å². The van der Waals surface area contributed by atoms with E-state index >= 15 is 4.39 Å². The third-order valence-corrected chi connectivity index (χ3v) is 12.3. The molecular weight excluding hydrogens is 707 g/mol. The van der Waals surface area contributed by atoms with Crippen molar-refractivity contribution in [3.63, 3.8) is 0 Å². The first kappa shape index (κ1) is 40.4. The van der Waals surface area contributed by atoms with Crippen molar-refractivity contribution in [2.75, 3.05) is 46.8 Å². The average Bonchev–Trinajstić information content (AvgIpc) is 3.54. The molecule has 0 bridgehead atoms. The zero-order chi connectivity index (χ0) is 39.1. The third-order valence-electron chi connectivity index (χ3n) is 12.3. The molecule has 4 aliphatic carbocycles. The fourth-order valence-corrected chi connectivity index (χ4v) is 9.86. The molecule has 2 N–H and O–H groups in total. The fourth-order valence-electron chi connectivity index (χ4n) is 9.86. The summed E-state index contributed by atoms with van der Waals surface area (Å²) < 4.78 is 62.9. The van der Waals surface area contributed by atoms with E-state index in [0.717, 1.165) is 6.42 Å². The lowest BCUT2D eigenvalue weighted by Gasteiger charge is -2.62. The Hall–Kier alpha value is -3.24. The highest BCUT2D eigenvalue weighted by Gasteiger charge is 2.80. The maximum Gasteiger partial charge on any atom is 0.514 e. The smallest absolute Gasteiger partial charge is 0.493 e. The predicted octanol–water partition coefficient (Wildman–Crippen LogP) is 5.10. The second-order valence-electron chi connectivity index (χ2n) is 15.8. The van der Waals surface area contributed by atoms with E-state index in [1.165, 1.54) is 37.5 Å². The third kappa shape index (κ3) is 6.81. The number of ether oxygens (including phenoxy) is 8. The molecule has 4 fully saturated rings. The Kier molecular flexibility index (Phi) is 11.5. The minimum atomic E-state index is -2.11. The van der Waals surface area contributed by atoms with Gasteiger partial charge in [-0.05, 0) is 89.1 Å². The molecule has 0 spiro atoms. The molecule has 1 heterocycles. The van der Waals surface area contributed by atoms with Crippen LogP contribution in [-0.2, 0) is 38.0 Å². The lowest BCUT2D eigenvalue weighted by Crippen LogP contribution is -2.70. The van der Waals surface area contributed by atoms with Crippen molar-refractivity contribution in [2.45, 2.75) is 102 Å². The van der Waals surface area contributed by atoms with Crippen LogP contribution in [-0.4, -0.2) is 104 Å². The van der Waals surface area contributed by atoms with Crippen LogP contribution in [0.1, 0.15) is 78.6 Å². The first-order chi connectivity index (χ1) is 25.6. The maximum absolute atomic E-state index is 17.7. The minimum Gasteiger partial charge on any atom is -0.493 e. The van der Waals surface area contributed by atoms with Gasteiger partial charge in [-0.3, -0.25) is 9.59 Å². The fraction of sp³-hybridized carbons (Fsp3) is 0.675. The van der Waals surface area contributed by atoms with Crippen LogP contribution in [0.25, 0.3) is 0 Å². The summed E-state index contributed by atoms with van der Waals surface area (Å²) in [6, 6.07) is 4.33. The van der Waals surface area contributed by atoms with Gasteiger partial charge < -0.3 is 48.1 Å². The summed E-state index contributed by atoms with van der Waals surface area (Å²) in [6.45, 7) is 10.1. The van der Waals surface area contributed by atoms with Gasteiger partial charge in [0, 0.05) is 28.9 Å². The highest BCUT2D eigenvalue weighted by molar-refractivity contribution is 6.01. The van der Waals surface area contributed by atoms with Crippen LogP contribution < -0.4 is 9.47 Å². The molecule has 1 aromatic carbocycles. The summed E-state index contributed by atoms with van der Waals surface area (Å²) in [7, 11) is 1.36. The summed E-state index contributed by atoms with van der Waals surface area (Å²) in [5, 5.41) is 22.3. The molecular formula is C40H53FO13. The Morgan fingerprint density at radius 2 is 1.76 bits per heavy atom. The number of ketones is 2. The number of benzene rings is 1. The lowest BCUT2D eigenvalue weighted by atomic mass is 9.44. The molecule has 1 saturated heterocycles. The molecule has 9 unspecified atom stereocenters. The lowest BCUT2D eigenvalue weighted by molar-refractivity contribution is -0.246. The molecule has 9 atom stereocenters. The highest BCUT2D eigenvalue weighted by atomic mass is 19.1. The van der Waals surface area contributed by atoms with Crippen LogP contribution in [0.4, 0.5) is 9.18 Å². The molecule has 0 aromatic heterocycles. The van der Waals surface area contributed by atoms with E-state index in [1.807, 2.05) is 13.8 Å². The number of hydrogen-bond acceptors (Lipinski definition) is 13. The Bertz CT molecular complexity index is 1660. The van der Waals surface area contributed by atoms with Gasteiger partial charge in [0.05, 0.1) is 45.7 Å². The van der Waals surface area contributed by atoms with Gasteiger partial charge in [-0.2, -0.15) is 0 Å². The first-order valence-electron chi connectivity index (χ1n) is 18.8. The molecule has 1 aromatic rings. The van der Waals surface area contributed by atoms with Crippen molar-refractivity contribution in [1.29, 1.82) is 0 Å². The monoisotopic (exact) mass is 760 g/mol. The van der Waals surface area contributed by atoms with Gasteiger partial charge in [0.15, 0.2) is 47.2 Å². The second kappa shape index (κ2) is 15.4. The Labute approximate surface area is 315 Å². The van der Waals surface area contributed by atoms with Crippen molar-refractivity contribution in [1.82, 2.24) is 0 Å². The maximum atomic E-state index is 17.7. The van der Waals surface area contributed by atoms with E-state index in [2.05, 4.69) is 0 Å². The molecule has 13 nitrogen and oxygen atoms in total. The number of allylic oxidation sites excluding steroid dienone is 4. The average molecular weight is 761 g/mol. The summed E-state index contributed by atoms with van der Waals surface area (Å²) in [5.41, 5.74) is -5.08. The molecule has 5 aliphatic rings. The molecule has 14 heteroatoms. The van der Waals surface area contributed by atoms with Gasteiger partial charge in [-0.25, -0.2) is 9.18 Å². The topological polar surface area (TPSA) is 166 Å². The molecule has 3 saturated carbocycles.